The second kappa shape index (κ2) is 5.84. The maximum atomic E-state index is 4.64. The van der Waals surface area contributed by atoms with Crippen LogP contribution in [0.4, 0.5) is 0 Å². The van der Waals surface area contributed by atoms with E-state index < -0.39 is 0 Å². The van der Waals surface area contributed by atoms with Crippen LogP contribution in [0.3, 0.4) is 0 Å². The molecule has 2 aromatic heterocycles. The fraction of sp³-hybridized carbons (Fsp3) is 0.667. The molecule has 1 saturated heterocycles. The first-order valence-corrected chi connectivity index (χ1v) is 8.36. The van der Waals surface area contributed by atoms with Crippen molar-refractivity contribution in [2.45, 2.75) is 33.7 Å². The SMILES string of the molecule is CCN1CC[C@H](CNCc2c(C)nc3sc(C)cn23)C1. The van der Waals surface area contributed by atoms with Gasteiger partial charge in [0.25, 0.3) is 0 Å². The van der Waals surface area contributed by atoms with Crippen LogP contribution >= 0.6 is 11.3 Å². The number of thiazole rings is 1. The standard InChI is InChI=1S/C15H24N4S/c1-4-18-6-5-13(10-18)7-16-8-14-12(3)17-15-19(14)9-11(2)20-15/h9,13,16H,4-8,10H2,1-3H3/t13-/m1/s1. The van der Waals surface area contributed by atoms with E-state index in [0.29, 0.717) is 0 Å². The van der Waals surface area contributed by atoms with Gasteiger partial charge < -0.3 is 10.2 Å². The molecule has 0 aliphatic carbocycles. The van der Waals surface area contributed by atoms with Crippen LogP contribution in [0.15, 0.2) is 6.20 Å². The Bertz CT molecular complexity index is 586. The molecule has 20 heavy (non-hydrogen) atoms. The number of aromatic nitrogens is 2. The van der Waals surface area contributed by atoms with Crippen molar-refractivity contribution in [1.29, 1.82) is 0 Å². The minimum absolute atomic E-state index is 0.808. The van der Waals surface area contributed by atoms with Gasteiger partial charge in [-0.15, -0.1) is 11.3 Å². The van der Waals surface area contributed by atoms with Gasteiger partial charge in [0.2, 0.25) is 0 Å². The van der Waals surface area contributed by atoms with Gasteiger partial charge in [0.05, 0.1) is 11.4 Å². The molecule has 1 aliphatic heterocycles. The summed E-state index contributed by atoms with van der Waals surface area (Å²) in [7, 11) is 0. The van der Waals surface area contributed by atoms with Gasteiger partial charge in [0.1, 0.15) is 0 Å². The molecule has 2 aromatic rings. The van der Waals surface area contributed by atoms with Crippen molar-refractivity contribution in [3.05, 3.63) is 22.5 Å². The Balaban J connectivity index is 1.58. The maximum Gasteiger partial charge on any atom is 0.194 e. The quantitative estimate of drug-likeness (QED) is 0.919. The Morgan fingerprint density at radius 2 is 2.30 bits per heavy atom. The van der Waals surface area contributed by atoms with Crippen molar-refractivity contribution in [2.24, 2.45) is 5.92 Å². The molecule has 5 heteroatoms. The zero-order valence-corrected chi connectivity index (χ0v) is 13.5. The van der Waals surface area contributed by atoms with Crippen LogP contribution in [0.2, 0.25) is 0 Å². The molecule has 0 amide bonds. The van der Waals surface area contributed by atoms with E-state index in [-0.39, 0.29) is 0 Å². The number of likely N-dealkylation sites (tertiary alicyclic amines) is 1. The zero-order valence-electron chi connectivity index (χ0n) is 12.6. The predicted molar refractivity (Wildman–Crippen MR) is 84.5 cm³/mol. The lowest BCUT2D eigenvalue weighted by Gasteiger charge is -2.13. The van der Waals surface area contributed by atoms with E-state index in [4.69, 9.17) is 0 Å². The predicted octanol–water partition coefficient (Wildman–Crippen LogP) is 2.44. The number of rotatable bonds is 5. The smallest absolute Gasteiger partial charge is 0.194 e. The Labute approximate surface area is 124 Å². The summed E-state index contributed by atoms with van der Waals surface area (Å²) in [6, 6.07) is 0. The van der Waals surface area contributed by atoms with Crippen LogP contribution in [0, 0.1) is 19.8 Å². The van der Waals surface area contributed by atoms with Crippen LogP contribution in [-0.2, 0) is 6.54 Å². The van der Waals surface area contributed by atoms with Crippen LogP contribution < -0.4 is 5.32 Å². The number of aryl methyl sites for hydroxylation is 2. The van der Waals surface area contributed by atoms with Gasteiger partial charge in [-0.05, 0) is 45.8 Å². The molecule has 0 radical (unpaired) electrons. The summed E-state index contributed by atoms with van der Waals surface area (Å²) < 4.78 is 2.25. The maximum absolute atomic E-state index is 4.64. The Morgan fingerprint density at radius 3 is 3.05 bits per heavy atom. The first-order valence-electron chi connectivity index (χ1n) is 7.54. The molecule has 0 bridgehead atoms. The van der Waals surface area contributed by atoms with E-state index in [1.54, 1.807) is 11.3 Å². The molecule has 110 valence electrons. The number of imidazole rings is 1. The summed E-state index contributed by atoms with van der Waals surface area (Å²) >= 11 is 1.77. The van der Waals surface area contributed by atoms with E-state index in [2.05, 4.69) is 46.6 Å². The van der Waals surface area contributed by atoms with E-state index in [1.165, 1.54) is 36.6 Å². The lowest BCUT2D eigenvalue weighted by atomic mass is 10.1. The summed E-state index contributed by atoms with van der Waals surface area (Å²) in [5.41, 5.74) is 2.47. The third-order valence-corrected chi connectivity index (χ3v) is 5.18. The highest BCUT2D eigenvalue weighted by Crippen LogP contribution is 2.21. The largest absolute Gasteiger partial charge is 0.311 e. The van der Waals surface area contributed by atoms with Gasteiger partial charge in [-0.3, -0.25) is 4.40 Å². The van der Waals surface area contributed by atoms with E-state index >= 15 is 0 Å². The fourth-order valence-corrected chi connectivity index (χ4v) is 3.97. The first-order chi connectivity index (χ1) is 9.67. The fourth-order valence-electron chi connectivity index (χ4n) is 3.08. The summed E-state index contributed by atoms with van der Waals surface area (Å²) in [6.07, 6.45) is 3.53. The summed E-state index contributed by atoms with van der Waals surface area (Å²) in [5, 5.41) is 3.63. The molecule has 1 N–H and O–H groups in total. The highest BCUT2D eigenvalue weighted by molar-refractivity contribution is 7.17. The van der Waals surface area contributed by atoms with Crippen LogP contribution in [0.1, 0.15) is 29.6 Å². The minimum atomic E-state index is 0.808. The summed E-state index contributed by atoms with van der Waals surface area (Å²) in [5.74, 6) is 0.808. The van der Waals surface area contributed by atoms with E-state index in [0.717, 1.165) is 29.7 Å². The molecule has 1 fully saturated rings. The highest BCUT2D eigenvalue weighted by atomic mass is 32.1. The lowest BCUT2D eigenvalue weighted by molar-refractivity contribution is 0.338. The molecule has 3 rings (SSSR count). The first kappa shape index (κ1) is 14.0. The topological polar surface area (TPSA) is 32.6 Å². The molecule has 1 atom stereocenters. The summed E-state index contributed by atoms with van der Waals surface area (Å²) in [4.78, 5) is 9.62. The van der Waals surface area contributed by atoms with Gasteiger partial charge in [-0.2, -0.15) is 0 Å². The average molecular weight is 292 g/mol. The number of nitrogens with one attached hydrogen (secondary N) is 1. The van der Waals surface area contributed by atoms with Crippen LogP contribution in [0.5, 0.6) is 0 Å². The highest BCUT2D eigenvalue weighted by Gasteiger charge is 2.20. The molecule has 1 aliphatic rings. The minimum Gasteiger partial charge on any atom is -0.311 e. The van der Waals surface area contributed by atoms with Crippen molar-refractivity contribution < 1.29 is 0 Å². The van der Waals surface area contributed by atoms with Gasteiger partial charge in [0, 0.05) is 24.2 Å². The molecular weight excluding hydrogens is 268 g/mol. The van der Waals surface area contributed by atoms with Crippen molar-refractivity contribution in [2.75, 3.05) is 26.2 Å². The number of fused-ring (bicyclic) bond motifs is 1. The van der Waals surface area contributed by atoms with Crippen LogP contribution in [-0.4, -0.2) is 40.5 Å². The molecular formula is C15H24N4S. The van der Waals surface area contributed by atoms with Gasteiger partial charge in [-0.1, -0.05) is 6.92 Å². The Morgan fingerprint density at radius 1 is 1.45 bits per heavy atom. The molecule has 0 saturated carbocycles. The Kier molecular flexibility index (Phi) is 4.10. The van der Waals surface area contributed by atoms with Crippen molar-refractivity contribution in [1.82, 2.24) is 19.6 Å². The average Bonchev–Trinajstić information content (AvgIpc) is 3.07. The van der Waals surface area contributed by atoms with Gasteiger partial charge in [-0.25, -0.2) is 4.98 Å². The normalized spacial score (nSPS) is 20.2. The molecule has 0 spiro atoms. The monoisotopic (exact) mass is 292 g/mol. The van der Waals surface area contributed by atoms with Crippen molar-refractivity contribution in [3.63, 3.8) is 0 Å². The number of hydrogen-bond acceptors (Lipinski definition) is 4. The van der Waals surface area contributed by atoms with Crippen LogP contribution in [0.25, 0.3) is 4.96 Å². The summed E-state index contributed by atoms with van der Waals surface area (Å²) in [6.45, 7) is 12.3. The molecule has 0 aromatic carbocycles. The second-order valence-electron chi connectivity index (χ2n) is 5.82. The zero-order chi connectivity index (χ0) is 14.1. The molecule has 3 heterocycles. The third-order valence-electron chi connectivity index (χ3n) is 4.28. The Hall–Kier alpha value is -0.910. The van der Waals surface area contributed by atoms with Crippen molar-refractivity contribution in [3.8, 4) is 0 Å². The second-order valence-corrected chi connectivity index (χ2v) is 7.03. The lowest BCUT2D eigenvalue weighted by Crippen LogP contribution is -2.26. The molecule has 4 nitrogen and oxygen atoms in total. The van der Waals surface area contributed by atoms with Gasteiger partial charge >= 0.3 is 0 Å². The van der Waals surface area contributed by atoms with E-state index in [1.807, 2.05) is 0 Å². The molecule has 0 unspecified atom stereocenters. The van der Waals surface area contributed by atoms with E-state index in [9.17, 15) is 0 Å². The number of hydrogen-bond donors (Lipinski definition) is 1. The van der Waals surface area contributed by atoms with Crippen molar-refractivity contribution >= 4 is 16.3 Å². The number of nitrogens with zero attached hydrogens (tertiary/aromatic N) is 3. The van der Waals surface area contributed by atoms with Gasteiger partial charge in [0.15, 0.2) is 4.96 Å². The third kappa shape index (κ3) is 2.75.